The van der Waals surface area contributed by atoms with E-state index in [1.165, 1.54) is 0 Å². The molecule has 0 amide bonds. The van der Waals surface area contributed by atoms with E-state index in [0.29, 0.717) is 6.61 Å². The molecular formula is C21H19NO2. The van der Waals surface area contributed by atoms with Crippen LogP contribution >= 0.6 is 0 Å². The van der Waals surface area contributed by atoms with Crippen LogP contribution in [0, 0.1) is 0 Å². The SMILES string of the molecule is CCOc1ccc(Oc2ccc(N=Cc3ccccc3)cc2)cc1. The maximum absolute atomic E-state index is 5.82. The van der Waals surface area contributed by atoms with Crippen LogP contribution in [0.2, 0.25) is 0 Å². The van der Waals surface area contributed by atoms with Crippen molar-refractivity contribution in [2.24, 2.45) is 4.99 Å². The minimum absolute atomic E-state index is 0.658. The second kappa shape index (κ2) is 7.97. The lowest BCUT2D eigenvalue weighted by molar-refractivity contribution is 0.339. The topological polar surface area (TPSA) is 30.8 Å². The molecule has 0 aliphatic rings. The van der Waals surface area contributed by atoms with Crippen LogP contribution in [0.1, 0.15) is 12.5 Å². The molecule has 3 aromatic rings. The Bertz CT molecular complexity index is 778. The largest absolute Gasteiger partial charge is 0.494 e. The molecular weight excluding hydrogens is 298 g/mol. The summed E-state index contributed by atoms with van der Waals surface area (Å²) in [6.45, 7) is 2.62. The monoisotopic (exact) mass is 317 g/mol. The first-order valence-corrected chi connectivity index (χ1v) is 7.93. The summed E-state index contributed by atoms with van der Waals surface area (Å²) in [5.74, 6) is 2.40. The number of nitrogens with zero attached hydrogens (tertiary/aromatic N) is 1. The molecule has 0 saturated heterocycles. The maximum atomic E-state index is 5.82. The lowest BCUT2D eigenvalue weighted by atomic mass is 10.2. The second-order valence-corrected chi connectivity index (χ2v) is 5.17. The first kappa shape index (κ1) is 15.8. The Kier molecular flexibility index (Phi) is 5.25. The van der Waals surface area contributed by atoms with Crippen molar-refractivity contribution in [1.82, 2.24) is 0 Å². The zero-order valence-electron chi connectivity index (χ0n) is 13.6. The van der Waals surface area contributed by atoms with Crippen molar-refractivity contribution in [2.45, 2.75) is 6.92 Å². The van der Waals surface area contributed by atoms with Crippen molar-refractivity contribution in [1.29, 1.82) is 0 Å². The van der Waals surface area contributed by atoms with Gasteiger partial charge >= 0.3 is 0 Å². The summed E-state index contributed by atoms with van der Waals surface area (Å²) in [5, 5.41) is 0. The fourth-order valence-corrected chi connectivity index (χ4v) is 2.20. The van der Waals surface area contributed by atoms with Crippen LogP contribution in [0.15, 0.2) is 83.9 Å². The number of rotatable bonds is 6. The molecule has 0 N–H and O–H groups in total. The zero-order chi connectivity index (χ0) is 16.6. The standard InChI is InChI=1S/C21H19NO2/c1-2-23-19-12-14-21(15-13-19)24-20-10-8-18(9-11-20)22-16-17-6-4-3-5-7-17/h3-16H,2H2,1H3. The van der Waals surface area contributed by atoms with Crippen LogP contribution in [0.4, 0.5) is 5.69 Å². The number of ether oxygens (including phenoxy) is 2. The van der Waals surface area contributed by atoms with E-state index in [2.05, 4.69) is 4.99 Å². The average Bonchev–Trinajstić information content (AvgIpc) is 2.64. The highest BCUT2D eigenvalue weighted by molar-refractivity contribution is 5.81. The third-order valence-corrected chi connectivity index (χ3v) is 3.37. The van der Waals surface area contributed by atoms with Crippen LogP contribution in [0.25, 0.3) is 0 Å². The molecule has 0 atom stereocenters. The Morgan fingerprint density at radius 2 is 1.33 bits per heavy atom. The fourth-order valence-electron chi connectivity index (χ4n) is 2.20. The van der Waals surface area contributed by atoms with Gasteiger partial charge in [0.25, 0.3) is 0 Å². The average molecular weight is 317 g/mol. The molecule has 0 saturated carbocycles. The molecule has 0 fully saturated rings. The Morgan fingerprint density at radius 3 is 1.96 bits per heavy atom. The molecule has 0 heterocycles. The van der Waals surface area contributed by atoms with E-state index in [1.807, 2.05) is 92.0 Å². The summed E-state index contributed by atoms with van der Waals surface area (Å²) >= 11 is 0. The van der Waals surface area contributed by atoms with Gasteiger partial charge in [0, 0.05) is 6.21 Å². The van der Waals surface area contributed by atoms with E-state index in [1.54, 1.807) is 0 Å². The maximum Gasteiger partial charge on any atom is 0.127 e. The second-order valence-electron chi connectivity index (χ2n) is 5.17. The molecule has 0 aliphatic heterocycles. The Balaban J connectivity index is 1.63. The van der Waals surface area contributed by atoms with Crippen molar-refractivity contribution < 1.29 is 9.47 Å². The molecule has 3 heteroatoms. The highest BCUT2D eigenvalue weighted by Gasteiger charge is 1.99. The molecule has 120 valence electrons. The highest BCUT2D eigenvalue weighted by atomic mass is 16.5. The molecule has 0 unspecified atom stereocenters. The Morgan fingerprint density at radius 1 is 0.750 bits per heavy atom. The minimum atomic E-state index is 0.658. The van der Waals surface area contributed by atoms with E-state index in [-0.39, 0.29) is 0 Å². The number of hydrogen-bond donors (Lipinski definition) is 0. The van der Waals surface area contributed by atoms with Gasteiger partial charge in [0.15, 0.2) is 0 Å². The molecule has 3 aromatic carbocycles. The van der Waals surface area contributed by atoms with Gasteiger partial charge in [-0.25, -0.2) is 0 Å². The van der Waals surface area contributed by atoms with Gasteiger partial charge < -0.3 is 9.47 Å². The summed E-state index contributed by atoms with van der Waals surface area (Å²) in [6.07, 6.45) is 1.85. The smallest absolute Gasteiger partial charge is 0.127 e. The Labute approximate surface area is 142 Å². The lowest BCUT2D eigenvalue weighted by Crippen LogP contribution is -1.91. The molecule has 24 heavy (non-hydrogen) atoms. The predicted molar refractivity (Wildman–Crippen MR) is 97.8 cm³/mol. The zero-order valence-corrected chi connectivity index (χ0v) is 13.6. The lowest BCUT2D eigenvalue weighted by Gasteiger charge is -2.07. The van der Waals surface area contributed by atoms with Gasteiger partial charge in [-0.1, -0.05) is 30.3 Å². The first-order chi connectivity index (χ1) is 11.8. The highest BCUT2D eigenvalue weighted by Crippen LogP contribution is 2.25. The van der Waals surface area contributed by atoms with E-state index >= 15 is 0 Å². The van der Waals surface area contributed by atoms with E-state index in [4.69, 9.17) is 9.47 Å². The number of benzene rings is 3. The van der Waals surface area contributed by atoms with E-state index < -0.39 is 0 Å². The Hall–Kier alpha value is -3.07. The number of aliphatic imine (C=N–C) groups is 1. The quantitative estimate of drug-likeness (QED) is 0.552. The van der Waals surface area contributed by atoms with Crippen LogP contribution in [0.3, 0.4) is 0 Å². The fraction of sp³-hybridized carbons (Fsp3) is 0.0952. The van der Waals surface area contributed by atoms with Crippen molar-refractivity contribution in [3.8, 4) is 17.2 Å². The van der Waals surface area contributed by atoms with E-state index in [0.717, 1.165) is 28.5 Å². The predicted octanol–water partition coefficient (Wildman–Crippen LogP) is 5.63. The van der Waals surface area contributed by atoms with Gasteiger partial charge in [-0.05, 0) is 61.0 Å². The van der Waals surface area contributed by atoms with Crippen LogP contribution in [-0.4, -0.2) is 12.8 Å². The number of hydrogen-bond acceptors (Lipinski definition) is 3. The third kappa shape index (κ3) is 4.46. The summed E-state index contributed by atoms with van der Waals surface area (Å²) in [4.78, 5) is 4.46. The minimum Gasteiger partial charge on any atom is -0.494 e. The molecule has 3 nitrogen and oxygen atoms in total. The van der Waals surface area contributed by atoms with Gasteiger partial charge in [0.1, 0.15) is 17.2 Å². The summed E-state index contributed by atoms with van der Waals surface area (Å²) in [7, 11) is 0. The van der Waals surface area contributed by atoms with Crippen LogP contribution in [-0.2, 0) is 0 Å². The van der Waals surface area contributed by atoms with Crippen LogP contribution in [0.5, 0.6) is 17.2 Å². The van der Waals surface area contributed by atoms with Crippen molar-refractivity contribution >= 4 is 11.9 Å². The summed E-state index contributed by atoms with van der Waals surface area (Å²) < 4.78 is 11.2. The third-order valence-electron chi connectivity index (χ3n) is 3.37. The van der Waals surface area contributed by atoms with E-state index in [9.17, 15) is 0 Å². The van der Waals surface area contributed by atoms with Gasteiger partial charge in [-0.2, -0.15) is 0 Å². The molecule has 0 bridgehead atoms. The molecule has 3 rings (SSSR count). The molecule has 0 aliphatic carbocycles. The van der Waals surface area contributed by atoms with Gasteiger partial charge in [-0.15, -0.1) is 0 Å². The molecule has 0 aromatic heterocycles. The summed E-state index contributed by atoms with van der Waals surface area (Å²) in [5.41, 5.74) is 1.96. The molecule has 0 spiro atoms. The van der Waals surface area contributed by atoms with Crippen molar-refractivity contribution in [2.75, 3.05) is 6.61 Å². The normalized spacial score (nSPS) is 10.7. The summed E-state index contributed by atoms with van der Waals surface area (Å²) in [6, 6.07) is 25.3. The van der Waals surface area contributed by atoms with Gasteiger partial charge in [-0.3, -0.25) is 4.99 Å². The van der Waals surface area contributed by atoms with Gasteiger partial charge in [0.05, 0.1) is 12.3 Å². The van der Waals surface area contributed by atoms with Crippen molar-refractivity contribution in [3.63, 3.8) is 0 Å². The van der Waals surface area contributed by atoms with Gasteiger partial charge in [0.2, 0.25) is 0 Å². The van der Waals surface area contributed by atoms with Crippen LogP contribution < -0.4 is 9.47 Å². The molecule has 0 radical (unpaired) electrons. The van der Waals surface area contributed by atoms with Crippen molar-refractivity contribution in [3.05, 3.63) is 84.4 Å². The first-order valence-electron chi connectivity index (χ1n) is 7.93.